The lowest BCUT2D eigenvalue weighted by molar-refractivity contribution is -0.137. The van der Waals surface area contributed by atoms with Crippen molar-refractivity contribution in [2.45, 2.75) is 43.7 Å². The van der Waals surface area contributed by atoms with E-state index in [1.54, 1.807) is 13.1 Å². The molecule has 3 rings (SSSR count). The molecule has 0 aromatic heterocycles. The summed E-state index contributed by atoms with van der Waals surface area (Å²) in [6.07, 6.45) is -0.353. The molecule has 5 nitrogen and oxygen atoms in total. The first-order valence-electron chi connectivity index (χ1n) is 9.65. The lowest BCUT2D eigenvalue weighted by Gasteiger charge is -2.35. The second-order valence-corrected chi connectivity index (χ2v) is 7.88. The molecule has 1 saturated heterocycles. The van der Waals surface area contributed by atoms with E-state index in [4.69, 9.17) is 5.73 Å². The first kappa shape index (κ1) is 23.8. The van der Waals surface area contributed by atoms with Crippen molar-refractivity contribution in [1.82, 2.24) is 10.2 Å². The molecule has 2 aliphatic rings. The quantitative estimate of drug-likeness (QED) is 0.352. The van der Waals surface area contributed by atoms with Crippen LogP contribution in [0.25, 0.3) is 0 Å². The van der Waals surface area contributed by atoms with Gasteiger partial charge >= 0.3 is 6.18 Å². The number of piperidine rings is 1. The van der Waals surface area contributed by atoms with Gasteiger partial charge in [0.05, 0.1) is 5.56 Å². The van der Waals surface area contributed by atoms with Crippen molar-refractivity contribution >= 4 is 35.8 Å². The van der Waals surface area contributed by atoms with E-state index in [9.17, 15) is 18.0 Å². The van der Waals surface area contributed by atoms with Gasteiger partial charge in [0.2, 0.25) is 5.91 Å². The number of rotatable bonds is 5. The number of nitrogens with one attached hydrogen (secondary N) is 1. The second-order valence-electron chi connectivity index (χ2n) is 7.88. The predicted molar refractivity (Wildman–Crippen MR) is 117 cm³/mol. The van der Waals surface area contributed by atoms with Crippen molar-refractivity contribution in [3.63, 3.8) is 0 Å². The van der Waals surface area contributed by atoms with Gasteiger partial charge in [-0.3, -0.25) is 9.79 Å². The number of hydrogen-bond acceptors (Lipinski definition) is 2. The maximum absolute atomic E-state index is 13.0. The van der Waals surface area contributed by atoms with E-state index in [1.807, 2.05) is 0 Å². The molecule has 0 spiro atoms. The minimum atomic E-state index is -4.33. The molecule has 9 heteroatoms. The number of aliphatic imine (C=N–C) groups is 1. The number of benzene rings is 1. The van der Waals surface area contributed by atoms with Crippen LogP contribution in [0.1, 0.15) is 43.2 Å². The summed E-state index contributed by atoms with van der Waals surface area (Å²) in [5, 5.41) is 3.35. The summed E-state index contributed by atoms with van der Waals surface area (Å²) in [6, 6.07) is 5.63. The third-order valence-corrected chi connectivity index (χ3v) is 5.76. The Hall–Kier alpha value is -1.52. The Morgan fingerprint density at radius 3 is 2.69 bits per heavy atom. The van der Waals surface area contributed by atoms with Crippen molar-refractivity contribution in [1.29, 1.82) is 0 Å². The molecule has 29 heavy (non-hydrogen) atoms. The van der Waals surface area contributed by atoms with Gasteiger partial charge in [0.15, 0.2) is 5.96 Å². The number of hydrogen-bond donors (Lipinski definition) is 2. The monoisotopic (exact) mass is 524 g/mol. The molecular formula is C20H28F3IN4O. The summed E-state index contributed by atoms with van der Waals surface area (Å²) in [4.78, 5) is 17.7. The highest BCUT2D eigenvalue weighted by atomic mass is 127. The van der Waals surface area contributed by atoms with Gasteiger partial charge < -0.3 is 16.0 Å². The van der Waals surface area contributed by atoms with E-state index in [-0.39, 0.29) is 41.2 Å². The average molecular weight is 524 g/mol. The van der Waals surface area contributed by atoms with Crippen LogP contribution in [0.4, 0.5) is 13.2 Å². The highest BCUT2D eigenvalue weighted by Crippen LogP contribution is 2.48. The summed E-state index contributed by atoms with van der Waals surface area (Å²) < 4.78 is 39.1. The summed E-state index contributed by atoms with van der Waals surface area (Å²) in [6.45, 7) is 2.09. The SMILES string of the molecule is CN=C(NCC1(c2cccc(C(F)(F)F)c2)CC1)N1CCCC(CC(N)=O)C1.I. The molecule has 0 bridgehead atoms. The zero-order valence-corrected chi connectivity index (χ0v) is 18.8. The number of amides is 1. The number of carbonyl (C=O) groups is 1. The summed E-state index contributed by atoms with van der Waals surface area (Å²) >= 11 is 0. The first-order valence-corrected chi connectivity index (χ1v) is 9.65. The first-order chi connectivity index (χ1) is 13.2. The maximum atomic E-state index is 13.0. The Balaban J connectivity index is 0.00000300. The normalized spacial score (nSPS) is 21.3. The van der Waals surface area contributed by atoms with E-state index in [0.29, 0.717) is 19.5 Å². The number of guanidine groups is 1. The van der Waals surface area contributed by atoms with Crippen LogP contribution >= 0.6 is 24.0 Å². The zero-order chi connectivity index (χ0) is 20.4. The fourth-order valence-electron chi connectivity index (χ4n) is 4.03. The molecule has 1 heterocycles. The largest absolute Gasteiger partial charge is 0.416 e. The molecule has 1 saturated carbocycles. The minimum absolute atomic E-state index is 0. The van der Waals surface area contributed by atoms with Crippen LogP contribution in [0.15, 0.2) is 29.3 Å². The highest BCUT2D eigenvalue weighted by molar-refractivity contribution is 14.0. The van der Waals surface area contributed by atoms with Crippen molar-refractivity contribution in [3.8, 4) is 0 Å². The van der Waals surface area contributed by atoms with Gasteiger partial charge in [-0.2, -0.15) is 13.2 Å². The Labute approximate surface area is 186 Å². The van der Waals surface area contributed by atoms with Crippen LogP contribution in [0.3, 0.4) is 0 Å². The molecular weight excluding hydrogens is 496 g/mol. The number of primary amides is 1. The zero-order valence-electron chi connectivity index (χ0n) is 16.5. The lowest BCUT2D eigenvalue weighted by atomic mass is 9.93. The lowest BCUT2D eigenvalue weighted by Crippen LogP contribution is -2.48. The van der Waals surface area contributed by atoms with Gasteiger partial charge in [0.1, 0.15) is 0 Å². The van der Waals surface area contributed by atoms with E-state index in [0.717, 1.165) is 49.8 Å². The Kier molecular flexibility index (Phi) is 7.80. The molecule has 1 aromatic rings. The van der Waals surface area contributed by atoms with Crippen molar-refractivity contribution < 1.29 is 18.0 Å². The number of alkyl halides is 3. The predicted octanol–water partition coefficient (Wildman–Crippen LogP) is 3.52. The van der Waals surface area contributed by atoms with E-state index < -0.39 is 11.7 Å². The molecule has 1 amide bonds. The molecule has 0 radical (unpaired) electrons. The molecule has 3 N–H and O–H groups in total. The number of nitrogens with zero attached hydrogens (tertiary/aromatic N) is 2. The van der Waals surface area contributed by atoms with E-state index in [2.05, 4.69) is 15.2 Å². The second kappa shape index (κ2) is 9.53. The van der Waals surface area contributed by atoms with Crippen molar-refractivity contribution in [3.05, 3.63) is 35.4 Å². The number of likely N-dealkylation sites (tertiary alicyclic amines) is 1. The molecule has 1 unspecified atom stereocenters. The van der Waals surface area contributed by atoms with Crippen molar-refractivity contribution in [2.24, 2.45) is 16.6 Å². The molecule has 1 aromatic carbocycles. The topological polar surface area (TPSA) is 70.7 Å². The molecule has 2 fully saturated rings. The van der Waals surface area contributed by atoms with Crippen LogP contribution in [-0.4, -0.2) is 43.4 Å². The van der Waals surface area contributed by atoms with Gasteiger partial charge in [-0.25, -0.2) is 0 Å². The van der Waals surface area contributed by atoms with Gasteiger partial charge in [-0.1, -0.05) is 18.2 Å². The van der Waals surface area contributed by atoms with Gasteiger partial charge in [0.25, 0.3) is 0 Å². The minimum Gasteiger partial charge on any atom is -0.370 e. The summed E-state index contributed by atoms with van der Waals surface area (Å²) in [5.41, 5.74) is 5.16. The van der Waals surface area contributed by atoms with E-state index >= 15 is 0 Å². The molecule has 1 aliphatic carbocycles. The van der Waals surface area contributed by atoms with Gasteiger partial charge in [-0.15, -0.1) is 24.0 Å². The number of halogens is 4. The number of nitrogens with two attached hydrogens (primary N) is 1. The Morgan fingerprint density at radius 1 is 1.38 bits per heavy atom. The maximum Gasteiger partial charge on any atom is 0.416 e. The third-order valence-electron chi connectivity index (χ3n) is 5.76. The average Bonchev–Trinajstić information content (AvgIpc) is 3.43. The van der Waals surface area contributed by atoms with Crippen LogP contribution in [0.5, 0.6) is 0 Å². The van der Waals surface area contributed by atoms with Crippen molar-refractivity contribution in [2.75, 3.05) is 26.7 Å². The van der Waals surface area contributed by atoms with Crippen LogP contribution < -0.4 is 11.1 Å². The molecule has 1 atom stereocenters. The molecule has 1 aliphatic heterocycles. The van der Waals surface area contributed by atoms with Gasteiger partial charge in [0, 0.05) is 38.5 Å². The summed E-state index contributed by atoms with van der Waals surface area (Å²) in [7, 11) is 1.70. The standard InChI is InChI=1S/C20H27F3N4O.HI/c1-25-18(27-9-3-4-14(12-27)10-17(24)28)26-13-19(7-8-19)15-5-2-6-16(11-15)20(21,22)23;/h2,5-6,11,14H,3-4,7-10,12-13H2,1H3,(H2,24,28)(H,25,26);1H. The Morgan fingerprint density at radius 2 is 2.10 bits per heavy atom. The number of carbonyl (C=O) groups excluding carboxylic acids is 1. The van der Waals surface area contributed by atoms with Crippen LogP contribution in [-0.2, 0) is 16.4 Å². The van der Waals surface area contributed by atoms with Gasteiger partial charge in [-0.05, 0) is 43.2 Å². The third kappa shape index (κ3) is 5.99. The van der Waals surface area contributed by atoms with Crippen LogP contribution in [0.2, 0.25) is 0 Å². The fourth-order valence-corrected chi connectivity index (χ4v) is 4.03. The summed E-state index contributed by atoms with van der Waals surface area (Å²) in [5.74, 6) is 0.645. The molecule has 162 valence electrons. The Bertz CT molecular complexity index is 749. The van der Waals surface area contributed by atoms with Crippen LogP contribution in [0, 0.1) is 5.92 Å². The van der Waals surface area contributed by atoms with E-state index in [1.165, 1.54) is 12.1 Å². The fraction of sp³-hybridized carbons (Fsp3) is 0.600. The highest BCUT2D eigenvalue weighted by Gasteiger charge is 2.45. The smallest absolute Gasteiger partial charge is 0.370 e.